The Morgan fingerprint density at radius 2 is 1.42 bits per heavy atom. The van der Waals surface area contributed by atoms with Crippen molar-refractivity contribution in [1.29, 1.82) is 0 Å². The first kappa shape index (κ1) is 20.3. The molecule has 138 valence electrons. The Morgan fingerprint density at radius 1 is 0.846 bits per heavy atom. The summed E-state index contributed by atoms with van der Waals surface area (Å²) < 4.78 is 0. The van der Waals surface area contributed by atoms with Crippen LogP contribution in [-0.2, 0) is 4.79 Å². The van der Waals surface area contributed by atoms with Crippen LogP contribution in [-0.4, -0.2) is 17.9 Å². The van der Waals surface area contributed by atoms with Crippen LogP contribution in [0.15, 0.2) is 48.5 Å². The Morgan fingerprint density at radius 3 is 2.00 bits per heavy atom. The summed E-state index contributed by atoms with van der Waals surface area (Å²) >= 11 is 12.3. The van der Waals surface area contributed by atoms with E-state index in [0.29, 0.717) is 15.6 Å². The summed E-state index contributed by atoms with van der Waals surface area (Å²) in [7, 11) is 0. The molecule has 0 fully saturated rings. The molecule has 0 heterocycles. The molecule has 2 aromatic carbocycles. The second-order valence-corrected chi connectivity index (χ2v) is 7.24. The smallest absolute Gasteiger partial charge is 0.253 e. The third kappa shape index (κ3) is 4.99. The molecule has 0 aromatic heterocycles. The average molecular weight is 393 g/mol. The normalized spacial score (nSPS) is 13.2. The zero-order valence-corrected chi connectivity index (χ0v) is 16.4. The molecule has 6 heteroatoms. The number of carbonyl (C=O) groups excluding carboxylic acids is 2. The first-order valence-electron chi connectivity index (χ1n) is 8.41. The minimum atomic E-state index is -0.691. The number of halogens is 2. The summed E-state index contributed by atoms with van der Waals surface area (Å²) in [6, 6.07) is 13.1. The highest BCUT2D eigenvalue weighted by molar-refractivity contribution is 6.33. The number of carbonyl (C=O) groups is 2. The highest BCUT2D eigenvalue weighted by Gasteiger charge is 2.26. The molecule has 0 bridgehead atoms. The summed E-state index contributed by atoms with van der Waals surface area (Å²) in [4.78, 5) is 25.2. The molecule has 0 aliphatic carbocycles. The summed E-state index contributed by atoms with van der Waals surface area (Å²) in [6.07, 6.45) is 0. The van der Waals surface area contributed by atoms with Gasteiger partial charge in [-0.05, 0) is 36.6 Å². The lowest BCUT2D eigenvalue weighted by Crippen LogP contribution is -2.50. The molecule has 2 amide bonds. The van der Waals surface area contributed by atoms with Crippen molar-refractivity contribution in [2.24, 2.45) is 5.92 Å². The second kappa shape index (κ2) is 9.06. The van der Waals surface area contributed by atoms with E-state index in [1.807, 2.05) is 39.0 Å². The van der Waals surface area contributed by atoms with E-state index in [4.69, 9.17) is 23.2 Å². The Bertz CT molecular complexity index is 793. The lowest BCUT2D eigenvalue weighted by Gasteiger charge is -2.24. The molecule has 0 aliphatic rings. The minimum Gasteiger partial charge on any atom is -0.348 e. The van der Waals surface area contributed by atoms with Crippen molar-refractivity contribution in [3.8, 4) is 0 Å². The van der Waals surface area contributed by atoms with Crippen molar-refractivity contribution < 1.29 is 9.59 Å². The SMILES string of the molecule is CC(NC(=O)C(NC(=O)c1ccccc1Cl)C(C)C)c1ccccc1Cl. The van der Waals surface area contributed by atoms with Gasteiger partial charge in [-0.25, -0.2) is 0 Å². The quantitative estimate of drug-likeness (QED) is 0.752. The highest BCUT2D eigenvalue weighted by Crippen LogP contribution is 2.22. The minimum absolute atomic E-state index is 0.0973. The Balaban J connectivity index is 2.11. The van der Waals surface area contributed by atoms with E-state index in [9.17, 15) is 9.59 Å². The molecule has 2 aromatic rings. The van der Waals surface area contributed by atoms with Crippen molar-refractivity contribution in [1.82, 2.24) is 10.6 Å². The van der Waals surface area contributed by atoms with E-state index < -0.39 is 6.04 Å². The fraction of sp³-hybridized carbons (Fsp3) is 0.300. The van der Waals surface area contributed by atoms with E-state index in [1.54, 1.807) is 30.3 Å². The van der Waals surface area contributed by atoms with Gasteiger partial charge in [0.1, 0.15) is 6.04 Å². The fourth-order valence-electron chi connectivity index (χ4n) is 2.61. The summed E-state index contributed by atoms with van der Waals surface area (Å²) in [5, 5.41) is 6.62. The molecule has 0 spiro atoms. The topological polar surface area (TPSA) is 58.2 Å². The Labute approximate surface area is 163 Å². The Kier molecular flexibility index (Phi) is 7.06. The molecule has 2 unspecified atom stereocenters. The molecule has 0 radical (unpaired) electrons. The van der Waals surface area contributed by atoms with Crippen LogP contribution in [0.4, 0.5) is 0 Å². The molecule has 4 nitrogen and oxygen atoms in total. The first-order chi connectivity index (χ1) is 12.3. The van der Waals surface area contributed by atoms with Gasteiger partial charge in [0.25, 0.3) is 5.91 Å². The maximum absolute atomic E-state index is 12.7. The number of amides is 2. The molecule has 0 saturated carbocycles. The van der Waals surface area contributed by atoms with Crippen LogP contribution in [0.1, 0.15) is 42.7 Å². The third-order valence-corrected chi connectivity index (χ3v) is 4.76. The maximum Gasteiger partial charge on any atom is 0.253 e. The largest absolute Gasteiger partial charge is 0.348 e. The van der Waals surface area contributed by atoms with Crippen LogP contribution in [0, 0.1) is 5.92 Å². The number of hydrogen-bond donors (Lipinski definition) is 2. The van der Waals surface area contributed by atoms with Crippen LogP contribution in [0.25, 0.3) is 0 Å². The van der Waals surface area contributed by atoms with Crippen LogP contribution in [0.3, 0.4) is 0 Å². The van der Waals surface area contributed by atoms with E-state index >= 15 is 0 Å². The van der Waals surface area contributed by atoms with Gasteiger partial charge in [0, 0.05) is 5.02 Å². The zero-order chi connectivity index (χ0) is 19.3. The van der Waals surface area contributed by atoms with Crippen LogP contribution >= 0.6 is 23.2 Å². The van der Waals surface area contributed by atoms with E-state index in [0.717, 1.165) is 5.56 Å². The first-order valence-corrected chi connectivity index (χ1v) is 9.17. The zero-order valence-electron chi connectivity index (χ0n) is 14.9. The van der Waals surface area contributed by atoms with Gasteiger partial charge < -0.3 is 10.6 Å². The van der Waals surface area contributed by atoms with Crippen molar-refractivity contribution in [2.75, 3.05) is 0 Å². The van der Waals surface area contributed by atoms with Gasteiger partial charge in [0.15, 0.2) is 0 Å². The van der Waals surface area contributed by atoms with E-state index in [1.165, 1.54) is 0 Å². The molecular formula is C20H22Cl2N2O2. The van der Waals surface area contributed by atoms with Gasteiger partial charge in [-0.1, -0.05) is 67.4 Å². The van der Waals surface area contributed by atoms with Crippen LogP contribution in [0.5, 0.6) is 0 Å². The van der Waals surface area contributed by atoms with Gasteiger partial charge in [-0.15, -0.1) is 0 Å². The molecular weight excluding hydrogens is 371 g/mol. The summed E-state index contributed by atoms with van der Waals surface area (Å²) in [6.45, 7) is 5.60. The second-order valence-electron chi connectivity index (χ2n) is 6.43. The van der Waals surface area contributed by atoms with Crippen molar-refractivity contribution >= 4 is 35.0 Å². The monoisotopic (exact) mass is 392 g/mol. The molecule has 0 saturated heterocycles. The summed E-state index contributed by atoms with van der Waals surface area (Å²) in [5.74, 6) is -0.748. The Hall–Kier alpha value is -2.04. The maximum atomic E-state index is 12.7. The predicted molar refractivity (Wildman–Crippen MR) is 106 cm³/mol. The average Bonchev–Trinajstić information content (AvgIpc) is 2.59. The van der Waals surface area contributed by atoms with E-state index in [2.05, 4.69) is 10.6 Å². The number of nitrogens with one attached hydrogen (secondary N) is 2. The molecule has 2 atom stereocenters. The third-order valence-electron chi connectivity index (χ3n) is 4.08. The van der Waals surface area contributed by atoms with E-state index in [-0.39, 0.29) is 23.8 Å². The molecule has 0 aliphatic heterocycles. The predicted octanol–water partition coefficient (Wildman–Crippen LogP) is 4.63. The molecule has 2 N–H and O–H groups in total. The van der Waals surface area contributed by atoms with Gasteiger partial charge >= 0.3 is 0 Å². The summed E-state index contributed by atoms with van der Waals surface area (Å²) in [5.41, 5.74) is 1.16. The van der Waals surface area contributed by atoms with Crippen molar-refractivity contribution in [3.05, 3.63) is 69.7 Å². The fourth-order valence-corrected chi connectivity index (χ4v) is 3.13. The standard InChI is InChI=1S/C20H22Cl2N2O2/c1-12(2)18(24-19(25)15-9-5-7-11-17(15)22)20(26)23-13(3)14-8-4-6-10-16(14)21/h4-13,18H,1-3H3,(H,23,26)(H,24,25). The lowest BCUT2D eigenvalue weighted by molar-refractivity contribution is -0.124. The van der Waals surface area contributed by atoms with Crippen LogP contribution < -0.4 is 10.6 Å². The van der Waals surface area contributed by atoms with Crippen molar-refractivity contribution in [3.63, 3.8) is 0 Å². The van der Waals surface area contributed by atoms with Gasteiger partial charge in [0.2, 0.25) is 5.91 Å². The highest BCUT2D eigenvalue weighted by atomic mass is 35.5. The molecule has 26 heavy (non-hydrogen) atoms. The van der Waals surface area contributed by atoms with Crippen LogP contribution in [0.2, 0.25) is 10.0 Å². The van der Waals surface area contributed by atoms with Gasteiger partial charge in [0.05, 0.1) is 16.6 Å². The molecule has 2 rings (SSSR count). The van der Waals surface area contributed by atoms with Crippen molar-refractivity contribution in [2.45, 2.75) is 32.9 Å². The number of benzene rings is 2. The number of hydrogen-bond acceptors (Lipinski definition) is 2. The van der Waals surface area contributed by atoms with Gasteiger partial charge in [-0.2, -0.15) is 0 Å². The lowest BCUT2D eigenvalue weighted by atomic mass is 10.0. The number of rotatable bonds is 6. The van der Waals surface area contributed by atoms with Gasteiger partial charge in [-0.3, -0.25) is 9.59 Å².